The third-order valence-electron chi connectivity index (χ3n) is 3.50. The average Bonchev–Trinajstić information content (AvgIpc) is 2.48. The number of ether oxygens (including phenoxy) is 1. The molecule has 0 aromatic heterocycles. The second kappa shape index (κ2) is 4.12. The molecule has 0 amide bonds. The second-order valence-electron chi connectivity index (χ2n) is 4.69. The SMILES string of the molecule is CCCCCC1([SiH3])C(=O)OC(=O)C12OOS2(=O)=O. The van der Waals surface area contributed by atoms with E-state index in [-0.39, 0.29) is 16.7 Å². The average molecular weight is 294 g/mol. The van der Waals surface area contributed by atoms with Crippen LogP contribution >= 0.6 is 0 Å². The van der Waals surface area contributed by atoms with Gasteiger partial charge in [0.15, 0.2) is 0 Å². The summed E-state index contributed by atoms with van der Waals surface area (Å²) >= 11 is 0. The van der Waals surface area contributed by atoms with E-state index in [4.69, 9.17) is 0 Å². The zero-order chi connectivity index (χ0) is 13.6. The molecule has 2 heterocycles. The Hall–Kier alpha value is -0.773. The fourth-order valence-corrected chi connectivity index (χ4v) is 5.07. The maximum absolute atomic E-state index is 11.8. The summed E-state index contributed by atoms with van der Waals surface area (Å²) in [5.41, 5.74) is 0. The molecule has 0 aliphatic carbocycles. The van der Waals surface area contributed by atoms with Crippen LogP contribution in [-0.4, -0.2) is 35.5 Å². The van der Waals surface area contributed by atoms with Crippen LogP contribution in [0, 0.1) is 0 Å². The van der Waals surface area contributed by atoms with Crippen LogP contribution in [0.3, 0.4) is 0 Å². The van der Waals surface area contributed by atoms with Gasteiger partial charge in [0, 0.05) is 10.2 Å². The summed E-state index contributed by atoms with van der Waals surface area (Å²) in [4.78, 5) is 25.8. The number of hydrogen-bond donors (Lipinski definition) is 0. The molecule has 18 heavy (non-hydrogen) atoms. The van der Waals surface area contributed by atoms with Crippen LogP contribution in [0.4, 0.5) is 0 Å². The van der Waals surface area contributed by atoms with Gasteiger partial charge in [-0.1, -0.05) is 26.2 Å². The van der Waals surface area contributed by atoms with E-state index in [1.807, 2.05) is 6.92 Å². The van der Waals surface area contributed by atoms with E-state index < -0.39 is 32.0 Å². The molecule has 0 saturated carbocycles. The van der Waals surface area contributed by atoms with Gasteiger partial charge < -0.3 is 4.74 Å². The smallest absolute Gasteiger partial charge is 0.369 e. The summed E-state index contributed by atoms with van der Waals surface area (Å²) in [5, 5.41) is -1.41. The van der Waals surface area contributed by atoms with Crippen molar-refractivity contribution in [1.29, 1.82) is 0 Å². The summed E-state index contributed by atoms with van der Waals surface area (Å²) < 4.78 is 31.8. The Morgan fingerprint density at radius 2 is 1.89 bits per heavy atom. The van der Waals surface area contributed by atoms with Gasteiger partial charge in [-0.05, 0) is 6.42 Å². The van der Waals surface area contributed by atoms with Crippen molar-refractivity contribution in [3.8, 4) is 0 Å². The first-order valence-electron chi connectivity index (χ1n) is 5.70. The number of esters is 2. The zero-order valence-corrected chi connectivity index (χ0v) is 12.9. The van der Waals surface area contributed by atoms with Crippen molar-refractivity contribution in [2.45, 2.75) is 42.6 Å². The minimum Gasteiger partial charge on any atom is -0.390 e. The highest BCUT2D eigenvalue weighted by molar-refractivity contribution is 7.89. The maximum atomic E-state index is 11.8. The Balaban J connectivity index is 2.37. The predicted molar refractivity (Wildman–Crippen MR) is 61.7 cm³/mol. The lowest BCUT2D eigenvalue weighted by atomic mass is 9.95. The van der Waals surface area contributed by atoms with Crippen molar-refractivity contribution in [3.63, 3.8) is 0 Å². The maximum Gasteiger partial charge on any atom is 0.369 e. The third kappa shape index (κ3) is 1.44. The van der Waals surface area contributed by atoms with E-state index in [1.165, 1.54) is 0 Å². The normalized spacial score (nSPS) is 37.8. The van der Waals surface area contributed by atoms with Gasteiger partial charge in [-0.15, -0.1) is 4.33 Å². The molecule has 2 atom stereocenters. The molecule has 2 fully saturated rings. The number of cyclic esters (lactones) is 2. The summed E-state index contributed by atoms with van der Waals surface area (Å²) in [5.74, 6) is -1.99. The van der Waals surface area contributed by atoms with Crippen LogP contribution in [0.2, 0.25) is 5.04 Å². The van der Waals surface area contributed by atoms with Crippen molar-refractivity contribution >= 4 is 32.3 Å². The van der Waals surface area contributed by atoms with E-state index in [2.05, 4.69) is 14.0 Å². The van der Waals surface area contributed by atoms with Gasteiger partial charge in [0.05, 0.1) is 0 Å². The molecular weight excluding hydrogens is 280 g/mol. The van der Waals surface area contributed by atoms with Crippen LogP contribution in [0.5, 0.6) is 0 Å². The van der Waals surface area contributed by atoms with Crippen LogP contribution < -0.4 is 0 Å². The molecule has 2 unspecified atom stereocenters. The second-order valence-corrected chi connectivity index (χ2v) is 8.01. The van der Waals surface area contributed by atoms with E-state index in [9.17, 15) is 18.0 Å². The van der Waals surface area contributed by atoms with Crippen molar-refractivity contribution in [2.75, 3.05) is 0 Å². The molecule has 2 aliphatic rings. The highest BCUT2D eigenvalue weighted by atomic mass is 32.2. The van der Waals surface area contributed by atoms with Crippen LogP contribution in [0.1, 0.15) is 32.6 Å². The third-order valence-corrected chi connectivity index (χ3v) is 7.12. The summed E-state index contributed by atoms with van der Waals surface area (Å²) in [6, 6.07) is 0. The number of carbonyl (C=O) groups is 2. The number of carbonyl (C=O) groups excluding carboxylic acids is 2. The van der Waals surface area contributed by atoms with Crippen LogP contribution in [0.25, 0.3) is 0 Å². The Morgan fingerprint density at radius 3 is 2.33 bits per heavy atom. The molecule has 2 saturated heterocycles. The first kappa shape index (κ1) is 13.7. The molecule has 2 rings (SSSR count). The summed E-state index contributed by atoms with van der Waals surface area (Å²) in [6.07, 6.45) is 2.63. The van der Waals surface area contributed by atoms with Crippen molar-refractivity contribution in [2.24, 2.45) is 0 Å². The molecule has 0 N–H and O–H groups in total. The van der Waals surface area contributed by atoms with Gasteiger partial charge >= 0.3 is 27.0 Å². The molecule has 0 aromatic carbocycles. The largest absolute Gasteiger partial charge is 0.390 e. The lowest BCUT2D eigenvalue weighted by molar-refractivity contribution is -0.309. The standard InChI is InChI=1S/C9H14O7SSi/c1-2-3-4-5-8(18)6(10)14-7(11)9(8)15-16-17(9,12)13/h2-5H2,1,18H3. The van der Waals surface area contributed by atoms with Gasteiger partial charge in [0.1, 0.15) is 5.04 Å². The fourth-order valence-electron chi connectivity index (χ4n) is 2.28. The quantitative estimate of drug-likeness (QED) is 0.219. The van der Waals surface area contributed by atoms with Crippen molar-refractivity contribution in [1.82, 2.24) is 0 Å². The molecule has 2 aliphatic heterocycles. The fraction of sp³-hybridized carbons (Fsp3) is 0.778. The summed E-state index contributed by atoms with van der Waals surface area (Å²) in [6.45, 7) is 1.98. The Morgan fingerprint density at radius 1 is 1.22 bits per heavy atom. The molecule has 0 aromatic rings. The number of rotatable bonds is 4. The Bertz CT molecular complexity index is 501. The molecule has 0 bridgehead atoms. The monoisotopic (exact) mass is 294 g/mol. The molecule has 9 heteroatoms. The zero-order valence-electron chi connectivity index (χ0n) is 10.1. The van der Waals surface area contributed by atoms with Gasteiger partial charge in [-0.3, -0.25) is 4.79 Å². The number of hydrogen-bond acceptors (Lipinski definition) is 7. The van der Waals surface area contributed by atoms with E-state index in [1.54, 1.807) is 0 Å². The lowest BCUT2D eigenvalue weighted by Crippen LogP contribution is -2.62. The molecule has 102 valence electrons. The van der Waals surface area contributed by atoms with Crippen molar-refractivity contribution < 1.29 is 32.0 Å². The van der Waals surface area contributed by atoms with Crippen LogP contribution in [0.15, 0.2) is 0 Å². The highest BCUT2D eigenvalue weighted by Crippen LogP contribution is 2.58. The Labute approximate surface area is 107 Å². The van der Waals surface area contributed by atoms with Crippen LogP contribution in [-0.2, 0) is 33.7 Å². The Kier molecular flexibility index (Phi) is 3.12. The van der Waals surface area contributed by atoms with E-state index in [0.717, 1.165) is 12.8 Å². The molecule has 1 spiro atoms. The number of unbranched alkanes of at least 4 members (excludes halogenated alkanes) is 2. The van der Waals surface area contributed by atoms with Crippen molar-refractivity contribution in [3.05, 3.63) is 0 Å². The first-order valence-corrected chi connectivity index (χ1v) is 8.11. The first-order chi connectivity index (χ1) is 8.32. The van der Waals surface area contributed by atoms with E-state index >= 15 is 0 Å². The van der Waals surface area contributed by atoms with Gasteiger partial charge in [0.25, 0.3) is 0 Å². The van der Waals surface area contributed by atoms with Gasteiger partial charge in [-0.2, -0.15) is 13.3 Å². The predicted octanol–water partition coefficient (Wildman–Crippen LogP) is -0.838. The van der Waals surface area contributed by atoms with Gasteiger partial charge in [0.2, 0.25) is 0 Å². The van der Waals surface area contributed by atoms with E-state index in [0.29, 0.717) is 6.42 Å². The minimum atomic E-state index is -4.23. The minimum absolute atomic E-state index is 0.131. The lowest BCUT2D eigenvalue weighted by Gasteiger charge is -2.39. The molecule has 7 nitrogen and oxygen atoms in total. The van der Waals surface area contributed by atoms with Gasteiger partial charge in [-0.25, -0.2) is 4.79 Å². The summed E-state index contributed by atoms with van der Waals surface area (Å²) in [7, 11) is -4.10. The highest BCUT2D eigenvalue weighted by Gasteiger charge is 2.81. The molecule has 0 radical (unpaired) electrons. The molecular formula is C9H14O7SSi. The topological polar surface area (TPSA) is 96.0 Å².